The zero-order valence-electron chi connectivity index (χ0n) is 15.3. The number of aromatic carboxylic acids is 1. The number of ether oxygens (including phenoxy) is 1. The Morgan fingerprint density at radius 1 is 1.14 bits per heavy atom. The lowest BCUT2D eigenvalue weighted by atomic mass is 9.98. The molecule has 0 spiro atoms. The van der Waals surface area contributed by atoms with Crippen molar-refractivity contribution in [2.24, 2.45) is 0 Å². The standard InChI is InChI=1S/C22H19BrClNO3/c1-2-5-20-18(14-6-3-8-16(24)10-14)12-19(22(26)27)21(25-20)13-28-17-9-4-7-15(23)11-17/h3-4,6-12H,2,5,13H2,1H3,(H,26,27). The predicted molar refractivity (Wildman–Crippen MR) is 114 cm³/mol. The lowest BCUT2D eigenvalue weighted by Crippen LogP contribution is -2.11. The maximum absolute atomic E-state index is 11.9. The first-order valence-corrected chi connectivity index (χ1v) is 10.1. The van der Waals surface area contributed by atoms with E-state index in [4.69, 9.17) is 16.3 Å². The van der Waals surface area contributed by atoms with Crippen LogP contribution in [0.15, 0.2) is 59.1 Å². The number of pyridine rings is 1. The summed E-state index contributed by atoms with van der Waals surface area (Å²) < 4.78 is 6.67. The van der Waals surface area contributed by atoms with E-state index in [1.165, 1.54) is 0 Å². The minimum atomic E-state index is -1.04. The van der Waals surface area contributed by atoms with Crippen molar-refractivity contribution < 1.29 is 14.6 Å². The minimum Gasteiger partial charge on any atom is -0.487 e. The third-order valence-electron chi connectivity index (χ3n) is 4.20. The van der Waals surface area contributed by atoms with Crippen molar-refractivity contribution in [3.05, 3.63) is 81.0 Å². The predicted octanol–water partition coefficient (Wildman–Crippen LogP) is 6.39. The van der Waals surface area contributed by atoms with E-state index in [1.807, 2.05) is 42.5 Å². The van der Waals surface area contributed by atoms with E-state index in [9.17, 15) is 9.90 Å². The van der Waals surface area contributed by atoms with Crippen LogP contribution in [0.25, 0.3) is 11.1 Å². The van der Waals surface area contributed by atoms with Gasteiger partial charge in [0.15, 0.2) is 0 Å². The van der Waals surface area contributed by atoms with Crippen LogP contribution in [0.2, 0.25) is 5.02 Å². The molecule has 3 rings (SSSR count). The van der Waals surface area contributed by atoms with Crippen molar-refractivity contribution in [2.75, 3.05) is 0 Å². The number of hydrogen-bond donors (Lipinski definition) is 1. The van der Waals surface area contributed by atoms with Gasteiger partial charge in [-0.3, -0.25) is 4.98 Å². The first-order chi connectivity index (χ1) is 13.5. The molecule has 1 N–H and O–H groups in total. The summed E-state index contributed by atoms with van der Waals surface area (Å²) in [4.78, 5) is 16.5. The molecular weight excluding hydrogens is 442 g/mol. The largest absolute Gasteiger partial charge is 0.487 e. The number of aryl methyl sites for hydroxylation is 1. The van der Waals surface area contributed by atoms with E-state index < -0.39 is 5.97 Å². The molecule has 2 aromatic carbocycles. The third-order valence-corrected chi connectivity index (χ3v) is 4.93. The van der Waals surface area contributed by atoms with Gasteiger partial charge in [0.1, 0.15) is 12.4 Å². The molecule has 0 saturated heterocycles. The number of hydrogen-bond acceptors (Lipinski definition) is 3. The highest BCUT2D eigenvalue weighted by Crippen LogP contribution is 2.29. The zero-order chi connectivity index (χ0) is 20.1. The van der Waals surface area contributed by atoms with E-state index in [1.54, 1.807) is 12.1 Å². The first-order valence-electron chi connectivity index (χ1n) is 8.88. The fourth-order valence-corrected chi connectivity index (χ4v) is 3.50. The van der Waals surface area contributed by atoms with Crippen LogP contribution < -0.4 is 4.74 Å². The molecule has 28 heavy (non-hydrogen) atoms. The summed E-state index contributed by atoms with van der Waals surface area (Å²) in [6, 6.07) is 16.4. The molecule has 1 aromatic heterocycles. The van der Waals surface area contributed by atoms with Gasteiger partial charge in [-0.25, -0.2) is 4.79 Å². The lowest BCUT2D eigenvalue weighted by molar-refractivity contribution is 0.0693. The quantitative estimate of drug-likeness (QED) is 0.443. The second-order valence-corrected chi connectivity index (χ2v) is 7.64. The Bertz CT molecular complexity index is 1010. The molecule has 3 aromatic rings. The van der Waals surface area contributed by atoms with Gasteiger partial charge < -0.3 is 9.84 Å². The molecule has 6 heteroatoms. The molecule has 0 radical (unpaired) electrons. The number of aromatic nitrogens is 1. The van der Waals surface area contributed by atoms with Crippen molar-refractivity contribution in [3.8, 4) is 16.9 Å². The van der Waals surface area contributed by atoms with Crippen molar-refractivity contribution in [2.45, 2.75) is 26.4 Å². The van der Waals surface area contributed by atoms with Gasteiger partial charge in [0, 0.05) is 20.8 Å². The Balaban J connectivity index is 2.02. The average Bonchev–Trinajstić information content (AvgIpc) is 2.66. The van der Waals surface area contributed by atoms with E-state index >= 15 is 0 Å². The number of halogens is 2. The molecule has 0 unspecified atom stereocenters. The molecule has 0 atom stereocenters. The topological polar surface area (TPSA) is 59.4 Å². The molecule has 0 amide bonds. The van der Waals surface area contributed by atoms with Crippen LogP contribution in [0, 0.1) is 0 Å². The fourth-order valence-electron chi connectivity index (χ4n) is 2.93. The minimum absolute atomic E-state index is 0.0740. The molecule has 0 bridgehead atoms. The smallest absolute Gasteiger partial charge is 0.337 e. The van der Waals surface area contributed by atoms with Crippen molar-refractivity contribution in [3.63, 3.8) is 0 Å². The summed E-state index contributed by atoms with van der Waals surface area (Å²) in [5.74, 6) is -0.393. The number of benzene rings is 2. The highest BCUT2D eigenvalue weighted by molar-refractivity contribution is 9.10. The monoisotopic (exact) mass is 459 g/mol. The van der Waals surface area contributed by atoms with Crippen LogP contribution >= 0.6 is 27.5 Å². The van der Waals surface area contributed by atoms with Gasteiger partial charge in [-0.05, 0) is 48.4 Å². The molecule has 0 aliphatic heterocycles. The van der Waals surface area contributed by atoms with E-state index in [0.717, 1.165) is 34.1 Å². The highest BCUT2D eigenvalue weighted by atomic mass is 79.9. The maximum Gasteiger partial charge on any atom is 0.337 e. The first kappa shape index (κ1) is 20.4. The summed E-state index contributed by atoms with van der Waals surface area (Å²) >= 11 is 9.53. The lowest BCUT2D eigenvalue weighted by Gasteiger charge is -2.15. The van der Waals surface area contributed by atoms with E-state index in [-0.39, 0.29) is 12.2 Å². The third kappa shape index (κ3) is 4.91. The van der Waals surface area contributed by atoms with Crippen LogP contribution in [0.3, 0.4) is 0 Å². The van der Waals surface area contributed by atoms with Gasteiger partial charge in [0.2, 0.25) is 0 Å². The average molecular weight is 461 g/mol. The summed E-state index contributed by atoms with van der Waals surface area (Å²) in [5, 5.41) is 10.3. The maximum atomic E-state index is 11.9. The Labute approximate surface area is 177 Å². The van der Waals surface area contributed by atoms with Gasteiger partial charge >= 0.3 is 5.97 Å². The van der Waals surface area contributed by atoms with Crippen molar-refractivity contribution >= 4 is 33.5 Å². The number of carboxylic acids is 1. The normalized spacial score (nSPS) is 10.7. The number of nitrogens with zero attached hydrogens (tertiary/aromatic N) is 1. The van der Waals surface area contributed by atoms with Crippen LogP contribution in [-0.4, -0.2) is 16.1 Å². The second kappa shape index (κ2) is 9.22. The molecule has 0 aliphatic carbocycles. The van der Waals surface area contributed by atoms with Crippen LogP contribution in [0.4, 0.5) is 0 Å². The highest BCUT2D eigenvalue weighted by Gasteiger charge is 2.18. The summed E-state index contributed by atoms with van der Waals surface area (Å²) in [7, 11) is 0. The molecule has 0 aliphatic rings. The van der Waals surface area contributed by atoms with E-state index in [0.29, 0.717) is 16.5 Å². The van der Waals surface area contributed by atoms with Crippen LogP contribution in [0.1, 0.15) is 35.1 Å². The van der Waals surface area contributed by atoms with E-state index in [2.05, 4.69) is 27.8 Å². The number of carbonyl (C=O) groups is 1. The van der Waals surface area contributed by atoms with Crippen molar-refractivity contribution in [1.82, 2.24) is 4.98 Å². The summed E-state index contributed by atoms with van der Waals surface area (Å²) in [6.45, 7) is 2.14. The van der Waals surface area contributed by atoms with Crippen LogP contribution in [0.5, 0.6) is 5.75 Å². The molecule has 4 nitrogen and oxygen atoms in total. The van der Waals surface area contributed by atoms with Crippen LogP contribution in [-0.2, 0) is 13.0 Å². The van der Waals surface area contributed by atoms with Gasteiger partial charge in [0.25, 0.3) is 0 Å². The fraction of sp³-hybridized carbons (Fsp3) is 0.182. The molecule has 1 heterocycles. The molecular formula is C22H19BrClNO3. The number of carboxylic acid groups (broad SMARTS) is 1. The Hall–Kier alpha value is -2.37. The van der Waals surface area contributed by atoms with Crippen molar-refractivity contribution in [1.29, 1.82) is 0 Å². The Morgan fingerprint density at radius 3 is 2.61 bits per heavy atom. The zero-order valence-corrected chi connectivity index (χ0v) is 17.6. The molecule has 0 saturated carbocycles. The number of rotatable bonds is 7. The second-order valence-electron chi connectivity index (χ2n) is 6.29. The van der Waals surface area contributed by atoms with Gasteiger partial charge in [-0.1, -0.05) is 59.1 Å². The Kier molecular flexibility index (Phi) is 6.70. The summed E-state index contributed by atoms with van der Waals surface area (Å²) in [5.41, 5.74) is 3.01. The van der Waals surface area contributed by atoms with Gasteiger partial charge in [-0.2, -0.15) is 0 Å². The molecule has 144 valence electrons. The summed E-state index contributed by atoms with van der Waals surface area (Å²) in [6.07, 6.45) is 1.62. The molecule has 0 fully saturated rings. The van der Waals surface area contributed by atoms with Gasteiger partial charge in [-0.15, -0.1) is 0 Å². The SMILES string of the molecule is CCCc1nc(COc2cccc(Br)c2)c(C(=O)O)cc1-c1cccc(Cl)c1. The Morgan fingerprint density at radius 2 is 1.93 bits per heavy atom. The van der Waals surface area contributed by atoms with Gasteiger partial charge in [0.05, 0.1) is 11.3 Å².